The first-order valence-electron chi connectivity index (χ1n) is 10.4. The van der Waals surface area contributed by atoms with Gasteiger partial charge >= 0.3 is 0 Å². The van der Waals surface area contributed by atoms with Gasteiger partial charge in [0.05, 0.1) is 13.3 Å². The number of benzene rings is 1. The Labute approximate surface area is 172 Å². The Hall–Kier alpha value is -2.54. The number of piperidine rings is 1. The number of carbonyl (C=O) groups is 1. The Bertz CT molecular complexity index is 867. The third kappa shape index (κ3) is 4.72. The van der Waals surface area contributed by atoms with E-state index >= 15 is 0 Å². The third-order valence-corrected chi connectivity index (χ3v) is 5.90. The fourth-order valence-corrected chi connectivity index (χ4v) is 3.71. The lowest BCUT2D eigenvalue weighted by Gasteiger charge is -2.32. The van der Waals surface area contributed by atoms with E-state index in [0.29, 0.717) is 23.1 Å². The molecule has 0 radical (unpaired) electrons. The van der Waals surface area contributed by atoms with E-state index in [-0.39, 0.29) is 12.0 Å². The average molecular weight is 399 g/mol. The van der Waals surface area contributed by atoms with Crippen LogP contribution in [0.1, 0.15) is 47.3 Å². The Morgan fingerprint density at radius 2 is 1.97 bits per heavy atom. The fourth-order valence-electron chi connectivity index (χ4n) is 3.71. The van der Waals surface area contributed by atoms with E-state index in [4.69, 9.17) is 9.47 Å². The van der Waals surface area contributed by atoms with Gasteiger partial charge < -0.3 is 14.8 Å². The molecule has 1 aromatic carbocycles. The van der Waals surface area contributed by atoms with Gasteiger partial charge in [-0.05, 0) is 50.8 Å². The molecule has 1 aliphatic carbocycles. The zero-order valence-electron chi connectivity index (χ0n) is 17.5. The lowest BCUT2D eigenvalue weighted by molar-refractivity contribution is 0.0922. The van der Waals surface area contributed by atoms with Crippen LogP contribution in [0.15, 0.2) is 24.4 Å². The second kappa shape index (κ2) is 8.45. The van der Waals surface area contributed by atoms with E-state index in [0.717, 1.165) is 45.3 Å². The van der Waals surface area contributed by atoms with Crippen molar-refractivity contribution in [3.63, 3.8) is 0 Å². The third-order valence-electron chi connectivity index (χ3n) is 5.90. The molecule has 0 atom stereocenters. The van der Waals surface area contributed by atoms with Crippen LogP contribution in [0.25, 0.3) is 0 Å². The number of amides is 1. The molecule has 7 nitrogen and oxygen atoms in total. The molecule has 2 aliphatic rings. The molecule has 1 saturated heterocycles. The van der Waals surface area contributed by atoms with Gasteiger partial charge in [-0.25, -0.2) is 0 Å². The molecular weight excluding hydrogens is 368 g/mol. The highest BCUT2D eigenvalue weighted by Crippen LogP contribution is 2.31. The molecule has 1 amide bonds. The predicted octanol–water partition coefficient (Wildman–Crippen LogP) is 2.67. The van der Waals surface area contributed by atoms with Crippen molar-refractivity contribution in [1.82, 2.24) is 20.0 Å². The van der Waals surface area contributed by atoms with Gasteiger partial charge in [0.25, 0.3) is 5.91 Å². The number of nitrogens with one attached hydrogen (secondary N) is 1. The zero-order valence-corrected chi connectivity index (χ0v) is 17.5. The van der Waals surface area contributed by atoms with Gasteiger partial charge in [-0.15, -0.1) is 0 Å². The quantitative estimate of drug-likeness (QED) is 0.777. The minimum Gasteiger partial charge on any atom is -0.493 e. The summed E-state index contributed by atoms with van der Waals surface area (Å²) < 4.78 is 13.6. The van der Waals surface area contributed by atoms with Crippen molar-refractivity contribution in [3.8, 4) is 11.5 Å². The number of methoxy groups -OCH3 is 1. The van der Waals surface area contributed by atoms with Gasteiger partial charge in [-0.2, -0.15) is 5.10 Å². The minimum absolute atomic E-state index is 0.0401. The van der Waals surface area contributed by atoms with Gasteiger partial charge in [-0.3, -0.25) is 14.4 Å². The molecule has 0 bridgehead atoms. The second-order valence-electron chi connectivity index (χ2n) is 8.09. The van der Waals surface area contributed by atoms with Crippen LogP contribution < -0.4 is 14.8 Å². The highest BCUT2D eigenvalue weighted by molar-refractivity contribution is 5.95. The summed E-state index contributed by atoms with van der Waals surface area (Å²) in [6.45, 7) is 4.98. The summed E-state index contributed by atoms with van der Waals surface area (Å²) in [6, 6.07) is 5.75. The number of aromatic nitrogens is 2. The molecule has 1 aromatic heterocycles. The number of hydrogen-bond donors (Lipinski definition) is 1. The first-order chi connectivity index (χ1) is 14.0. The molecule has 29 heavy (non-hydrogen) atoms. The van der Waals surface area contributed by atoms with Crippen LogP contribution in [-0.2, 0) is 13.6 Å². The van der Waals surface area contributed by atoms with Crippen LogP contribution in [0.4, 0.5) is 0 Å². The molecule has 0 unspecified atom stereocenters. The number of nitrogens with zero attached hydrogens (tertiary/aromatic N) is 3. The lowest BCUT2D eigenvalue weighted by Crippen LogP contribution is -2.38. The molecule has 2 fully saturated rings. The normalized spacial score (nSPS) is 17.9. The van der Waals surface area contributed by atoms with E-state index in [2.05, 4.69) is 22.2 Å². The van der Waals surface area contributed by atoms with Gasteiger partial charge in [0, 0.05) is 49.5 Å². The van der Waals surface area contributed by atoms with Gasteiger partial charge in [0.2, 0.25) is 0 Å². The zero-order chi connectivity index (χ0) is 20.4. The van der Waals surface area contributed by atoms with Crippen LogP contribution in [0.2, 0.25) is 0 Å². The highest BCUT2D eigenvalue weighted by atomic mass is 16.5. The summed E-state index contributed by atoms with van der Waals surface area (Å²) in [4.78, 5) is 14.8. The molecule has 4 rings (SSSR count). The van der Waals surface area contributed by atoms with Crippen molar-refractivity contribution in [2.75, 3.05) is 20.2 Å². The first-order valence-corrected chi connectivity index (χ1v) is 10.4. The molecule has 2 heterocycles. The maximum Gasteiger partial charge on any atom is 0.251 e. The van der Waals surface area contributed by atoms with Crippen molar-refractivity contribution >= 4 is 5.91 Å². The summed E-state index contributed by atoms with van der Waals surface area (Å²) in [5.74, 6) is 1.28. The number of ether oxygens (including phenoxy) is 2. The monoisotopic (exact) mass is 398 g/mol. The molecule has 2 aromatic rings. The number of aryl methyl sites for hydroxylation is 1. The van der Waals surface area contributed by atoms with Gasteiger partial charge in [0.15, 0.2) is 11.5 Å². The lowest BCUT2D eigenvalue weighted by atomic mass is 10.1. The Kier molecular flexibility index (Phi) is 5.76. The van der Waals surface area contributed by atoms with Gasteiger partial charge in [0.1, 0.15) is 6.10 Å². The number of hydrogen-bond acceptors (Lipinski definition) is 5. The van der Waals surface area contributed by atoms with E-state index < -0.39 is 0 Å². The van der Waals surface area contributed by atoms with Crippen molar-refractivity contribution in [2.45, 2.75) is 51.3 Å². The van der Waals surface area contributed by atoms with E-state index in [1.807, 2.05) is 30.1 Å². The van der Waals surface area contributed by atoms with E-state index in [1.165, 1.54) is 11.3 Å². The average Bonchev–Trinajstić information content (AvgIpc) is 3.49. The second-order valence-corrected chi connectivity index (χ2v) is 8.09. The molecule has 156 valence electrons. The Balaban J connectivity index is 1.35. The van der Waals surface area contributed by atoms with Crippen LogP contribution in [0.5, 0.6) is 11.5 Å². The number of carbonyl (C=O) groups excluding carboxylic acids is 1. The maximum absolute atomic E-state index is 12.4. The Morgan fingerprint density at radius 3 is 2.59 bits per heavy atom. The van der Waals surface area contributed by atoms with Crippen LogP contribution in [0, 0.1) is 6.92 Å². The van der Waals surface area contributed by atoms with Crippen LogP contribution in [0.3, 0.4) is 0 Å². The molecule has 0 spiro atoms. The van der Waals surface area contributed by atoms with Gasteiger partial charge in [-0.1, -0.05) is 0 Å². The maximum atomic E-state index is 12.4. The van der Waals surface area contributed by atoms with Crippen molar-refractivity contribution in [1.29, 1.82) is 0 Å². The minimum atomic E-state index is -0.0401. The SMILES string of the molecule is COc1ccc(C(=O)NC2CC2)cc1OC1CCN(Cc2cnn(C)c2C)CC1. The van der Waals surface area contributed by atoms with Crippen molar-refractivity contribution < 1.29 is 14.3 Å². The molecule has 1 saturated carbocycles. The summed E-state index contributed by atoms with van der Waals surface area (Å²) in [7, 11) is 3.61. The molecular formula is C22H30N4O3. The summed E-state index contributed by atoms with van der Waals surface area (Å²) in [6.07, 6.45) is 6.12. The highest BCUT2D eigenvalue weighted by Gasteiger charge is 2.26. The van der Waals surface area contributed by atoms with E-state index in [1.54, 1.807) is 13.2 Å². The summed E-state index contributed by atoms with van der Waals surface area (Å²) in [5.41, 5.74) is 3.12. The number of likely N-dealkylation sites (tertiary alicyclic amines) is 1. The number of rotatable bonds is 7. The molecule has 1 aliphatic heterocycles. The summed E-state index contributed by atoms with van der Waals surface area (Å²) >= 11 is 0. The van der Waals surface area contributed by atoms with Crippen LogP contribution in [-0.4, -0.2) is 52.9 Å². The van der Waals surface area contributed by atoms with Crippen molar-refractivity contribution in [2.24, 2.45) is 7.05 Å². The Morgan fingerprint density at radius 1 is 1.21 bits per heavy atom. The standard InChI is InChI=1S/C22H30N4O3/c1-15-17(13-23-25(15)2)14-26-10-8-19(9-11-26)29-21-12-16(4-7-20(21)28-3)22(27)24-18-5-6-18/h4,7,12-13,18-19H,5-6,8-11,14H2,1-3H3,(H,24,27). The molecule has 1 N–H and O–H groups in total. The first kappa shape index (κ1) is 19.8. The topological polar surface area (TPSA) is 68.6 Å². The smallest absolute Gasteiger partial charge is 0.251 e. The van der Waals surface area contributed by atoms with E-state index in [9.17, 15) is 4.79 Å². The fraction of sp³-hybridized carbons (Fsp3) is 0.545. The largest absolute Gasteiger partial charge is 0.493 e. The predicted molar refractivity (Wildman–Crippen MR) is 110 cm³/mol. The summed E-state index contributed by atoms with van der Waals surface area (Å²) in [5, 5.41) is 7.36. The van der Waals surface area contributed by atoms with Crippen LogP contribution >= 0.6 is 0 Å². The van der Waals surface area contributed by atoms with Crippen molar-refractivity contribution in [3.05, 3.63) is 41.2 Å². The molecule has 7 heteroatoms.